The molecule has 0 bridgehead atoms. The van der Waals surface area contributed by atoms with E-state index in [0.717, 1.165) is 36.3 Å². The molecule has 1 aromatic carbocycles. The second kappa shape index (κ2) is 4.78. The summed E-state index contributed by atoms with van der Waals surface area (Å²) in [7, 11) is 0. The molecule has 0 atom stereocenters. The Labute approximate surface area is 111 Å². The minimum absolute atomic E-state index is 0.249. The molecule has 0 unspecified atom stereocenters. The summed E-state index contributed by atoms with van der Waals surface area (Å²) in [6, 6.07) is 7.29. The van der Waals surface area contributed by atoms with Crippen LogP contribution in [-0.2, 0) is 0 Å². The topological polar surface area (TPSA) is 67.3 Å². The molecule has 1 aliphatic rings. The highest BCUT2D eigenvalue weighted by Gasteiger charge is 2.22. The van der Waals surface area contributed by atoms with Crippen LogP contribution in [0.15, 0.2) is 48.7 Å². The minimum Gasteiger partial charge on any atom is -0.507 e. The SMILES string of the molecule is NN1CCCC1=C(c1ccccc1O)n1ccnc1. The summed E-state index contributed by atoms with van der Waals surface area (Å²) in [5.41, 5.74) is 2.70. The number of allylic oxidation sites excluding steroid dienone is 1. The largest absolute Gasteiger partial charge is 0.507 e. The highest BCUT2D eigenvalue weighted by molar-refractivity contribution is 5.72. The van der Waals surface area contributed by atoms with E-state index in [0.29, 0.717) is 0 Å². The Hall–Kier alpha value is -2.27. The van der Waals surface area contributed by atoms with Gasteiger partial charge < -0.3 is 14.7 Å². The van der Waals surface area contributed by atoms with Gasteiger partial charge in [0.05, 0.1) is 17.7 Å². The van der Waals surface area contributed by atoms with Crippen molar-refractivity contribution in [3.8, 4) is 5.75 Å². The summed E-state index contributed by atoms with van der Waals surface area (Å²) in [4.78, 5) is 4.08. The van der Waals surface area contributed by atoms with Gasteiger partial charge in [0.15, 0.2) is 0 Å². The van der Waals surface area contributed by atoms with Crippen molar-refractivity contribution in [1.82, 2.24) is 14.6 Å². The Kier molecular flexibility index (Phi) is 2.97. The standard InChI is InChI=1S/C14H16N4O/c15-18-8-3-5-12(18)14(17-9-7-16-10-17)11-4-1-2-6-13(11)19/h1-2,4,6-7,9-10,19H,3,5,8,15H2. The lowest BCUT2D eigenvalue weighted by molar-refractivity contribution is 0.412. The molecule has 0 aliphatic carbocycles. The predicted molar refractivity (Wildman–Crippen MR) is 72.8 cm³/mol. The molecule has 0 radical (unpaired) electrons. The molecule has 5 heteroatoms. The first-order valence-electron chi connectivity index (χ1n) is 6.29. The van der Waals surface area contributed by atoms with Crippen LogP contribution in [0.25, 0.3) is 5.70 Å². The van der Waals surface area contributed by atoms with Gasteiger partial charge in [0.1, 0.15) is 5.75 Å². The molecule has 2 aromatic rings. The van der Waals surface area contributed by atoms with E-state index < -0.39 is 0 Å². The number of hydrazine groups is 1. The summed E-state index contributed by atoms with van der Waals surface area (Å²) in [5, 5.41) is 11.9. The zero-order chi connectivity index (χ0) is 13.2. The Bertz CT molecular complexity index is 604. The number of hydrogen-bond donors (Lipinski definition) is 2. The maximum absolute atomic E-state index is 10.1. The lowest BCUT2D eigenvalue weighted by Gasteiger charge is -2.19. The molecule has 0 amide bonds. The van der Waals surface area contributed by atoms with Gasteiger partial charge in [-0.3, -0.25) is 0 Å². The maximum Gasteiger partial charge on any atom is 0.124 e. The number of phenolic OH excluding ortho intramolecular Hbond substituents is 1. The van der Waals surface area contributed by atoms with Gasteiger partial charge in [0.2, 0.25) is 0 Å². The molecule has 3 N–H and O–H groups in total. The fourth-order valence-corrected chi connectivity index (χ4v) is 2.46. The molecule has 19 heavy (non-hydrogen) atoms. The zero-order valence-corrected chi connectivity index (χ0v) is 10.5. The van der Waals surface area contributed by atoms with Gasteiger partial charge in [-0.2, -0.15) is 0 Å². The van der Waals surface area contributed by atoms with E-state index in [1.54, 1.807) is 23.6 Å². The van der Waals surface area contributed by atoms with Crippen molar-refractivity contribution < 1.29 is 5.11 Å². The third kappa shape index (κ3) is 2.08. The van der Waals surface area contributed by atoms with E-state index in [1.807, 2.05) is 29.0 Å². The number of phenols is 1. The molecule has 2 heterocycles. The molecule has 0 saturated carbocycles. The van der Waals surface area contributed by atoms with E-state index in [-0.39, 0.29) is 5.75 Å². The molecule has 1 fully saturated rings. The van der Waals surface area contributed by atoms with E-state index in [4.69, 9.17) is 5.84 Å². The zero-order valence-electron chi connectivity index (χ0n) is 10.5. The van der Waals surface area contributed by atoms with E-state index in [1.165, 1.54) is 0 Å². The van der Waals surface area contributed by atoms with Crippen LogP contribution in [0.4, 0.5) is 0 Å². The molecule has 1 saturated heterocycles. The van der Waals surface area contributed by atoms with Crippen LogP contribution in [-0.4, -0.2) is 26.2 Å². The van der Waals surface area contributed by atoms with Crippen molar-refractivity contribution in [2.45, 2.75) is 12.8 Å². The number of aromatic nitrogens is 2. The summed E-state index contributed by atoms with van der Waals surface area (Å²) in [6.45, 7) is 0.834. The lowest BCUT2D eigenvalue weighted by atomic mass is 10.1. The first-order chi connectivity index (χ1) is 9.27. The highest BCUT2D eigenvalue weighted by atomic mass is 16.3. The fourth-order valence-electron chi connectivity index (χ4n) is 2.46. The number of imidazole rings is 1. The quantitative estimate of drug-likeness (QED) is 0.804. The third-order valence-electron chi connectivity index (χ3n) is 3.35. The first-order valence-corrected chi connectivity index (χ1v) is 6.29. The molecular formula is C14H16N4O. The number of benzene rings is 1. The predicted octanol–water partition coefficient (Wildman–Crippen LogP) is 1.78. The van der Waals surface area contributed by atoms with Gasteiger partial charge >= 0.3 is 0 Å². The van der Waals surface area contributed by atoms with Crippen LogP contribution >= 0.6 is 0 Å². The van der Waals surface area contributed by atoms with Crippen LogP contribution in [0.3, 0.4) is 0 Å². The second-order valence-corrected chi connectivity index (χ2v) is 4.58. The monoisotopic (exact) mass is 256 g/mol. The van der Waals surface area contributed by atoms with E-state index >= 15 is 0 Å². The number of rotatable bonds is 2. The normalized spacial score (nSPS) is 17.8. The number of para-hydroxylation sites is 1. The van der Waals surface area contributed by atoms with Crippen LogP contribution in [0.2, 0.25) is 0 Å². The van der Waals surface area contributed by atoms with E-state index in [2.05, 4.69) is 4.98 Å². The molecule has 3 rings (SSSR count). The Morgan fingerprint density at radius 1 is 1.32 bits per heavy atom. The lowest BCUT2D eigenvalue weighted by Crippen LogP contribution is -2.27. The highest BCUT2D eigenvalue weighted by Crippen LogP contribution is 2.33. The average molecular weight is 256 g/mol. The molecule has 1 aromatic heterocycles. The number of nitrogens with zero attached hydrogens (tertiary/aromatic N) is 3. The molecule has 0 spiro atoms. The third-order valence-corrected chi connectivity index (χ3v) is 3.35. The summed E-state index contributed by atoms with van der Waals surface area (Å²) < 4.78 is 1.90. The molecular weight excluding hydrogens is 240 g/mol. The first kappa shape index (κ1) is 11.8. The van der Waals surface area contributed by atoms with Gasteiger partial charge in [-0.15, -0.1) is 0 Å². The smallest absolute Gasteiger partial charge is 0.124 e. The van der Waals surface area contributed by atoms with Crippen molar-refractivity contribution >= 4 is 5.70 Å². The summed E-state index contributed by atoms with van der Waals surface area (Å²) in [6.07, 6.45) is 7.23. The second-order valence-electron chi connectivity index (χ2n) is 4.58. The van der Waals surface area contributed by atoms with Crippen LogP contribution in [0, 0.1) is 0 Å². The van der Waals surface area contributed by atoms with Crippen molar-refractivity contribution in [3.05, 3.63) is 54.2 Å². The Morgan fingerprint density at radius 2 is 2.16 bits per heavy atom. The van der Waals surface area contributed by atoms with Crippen molar-refractivity contribution in [1.29, 1.82) is 0 Å². The van der Waals surface area contributed by atoms with Gasteiger partial charge in [0, 0.05) is 24.5 Å². The molecule has 1 aliphatic heterocycles. The van der Waals surface area contributed by atoms with Gasteiger partial charge in [-0.05, 0) is 25.0 Å². The summed E-state index contributed by atoms with van der Waals surface area (Å²) in [5.74, 6) is 6.28. The van der Waals surface area contributed by atoms with Gasteiger partial charge in [0.25, 0.3) is 0 Å². The molecule has 98 valence electrons. The van der Waals surface area contributed by atoms with Gasteiger partial charge in [-0.1, -0.05) is 12.1 Å². The summed E-state index contributed by atoms with van der Waals surface area (Å²) >= 11 is 0. The Balaban J connectivity index is 2.21. The Morgan fingerprint density at radius 3 is 2.79 bits per heavy atom. The van der Waals surface area contributed by atoms with Crippen LogP contribution in [0.1, 0.15) is 18.4 Å². The van der Waals surface area contributed by atoms with Crippen LogP contribution in [0.5, 0.6) is 5.75 Å². The van der Waals surface area contributed by atoms with Gasteiger partial charge in [-0.25, -0.2) is 10.8 Å². The number of hydrogen-bond acceptors (Lipinski definition) is 4. The van der Waals surface area contributed by atoms with Crippen molar-refractivity contribution in [2.24, 2.45) is 5.84 Å². The minimum atomic E-state index is 0.249. The van der Waals surface area contributed by atoms with E-state index in [9.17, 15) is 5.11 Å². The van der Waals surface area contributed by atoms with Crippen LogP contribution < -0.4 is 5.84 Å². The number of aromatic hydroxyl groups is 1. The average Bonchev–Trinajstić information content (AvgIpc) is 3.05. The van der Waals surface area contributed by atoms with Crippen molar-refractivity contribution in [2.75, 3.05) is 6.54 Å². The van der Waals surface area contributed by atoms with Crippen molar-refractivity contribution in [3.63, 3.8) is 0 Å². The number of nitrogens with two attached hydrogens (primary N) is 1. The molecule has 5 nitrogen and oxygen atoms in total. The fraction of sp³-hybridized carbons (Fsp3) is 0.214. The maximum atomic E-state index is 10.1.